The van der Waals surface area contributed by atoms with E-state index in [1.54, 1.807) is 0 Å². The highest BCUT2D eigenvalue weighted by Crippen LogP contribution is 2.24. The predicted octanol–water partition coefficient (Wildman–Crippen LogP) is 0.798. The lowest BCUT2D eigenvalue weighted by Crippen LogP contribution is -2.47. The van der Waals surface area contributed by atoms with Crippen molar-refractivity contribution in [1.82, 2.24) is 10.2 Å². The first-order valence-corrected chi connectivity index (χ1v) is 6.44. The Bertz CT molecular complexity index is 195. The molecule has 3 N–H and O–H groups in total. The van der Waals surface area contributed by atoms with Crippen molar-refractivity contribution < 1.29 is 0 Å². The molecule has 0 spiro atoms. The number of hydrogen-bond acceptors (Lipinski definition) is 3. The highest BCUT2D eigenvalue weighted by Gasteiger charge is 2.28. The number of hydrogen-bond donors (Lipinski definition) is 2. The van der Waals surface area contributed by atoms with Gasteiger partial charge in [-0.15, -0.1) is 0 Å². The molecule has 88 valence electrons. The van der Waals surface area contributed by atoms with E-state index < -0.39 is 0 Å². The standard InChI is InChI=1S/C12H25N3/c1-15-7-6-11(9-15)14-12-5-3-2-4-10(12)8-13/h10-12,14H,2-9,13H2,1H3. The van der Waals surface area contributed by atoms with Gasteiger partial charge in [0.15, 0.2) is 0 Å². The van der Waals surface area contributed by atoms with Crippen molar-refractivity contribution in [3.63, 3.8) is 0 Å². The van der Waals surface area contributed by atoms with Crippen LogP contribution in [0.25, 0.3) is 0 Å². The Morgan fingerprint density at radius 1 is 1.27 bits per heavy atom. The molecule has 2 fully saturated rings. The molecule has 0 aromatic heterocycles. The lowest BCUT2D eigenvalue weighted by molar-refractivity contribution is 0.246. The second kappa shape index (κ2) is 5.28. The van der Waals surface area contributed by atoms with Crippen LogP contribution in [0.4, 0.5) is 0 Å². The molecule has 0 aromatic carbocycles. The number of likely N-dealkylation sites (N-methyl/N-ethyl adjacent to an activating group) is 1. The molecular weight excluding hydrogens is 186 g/mol. The first-order valence-electron chi connectivity index (χ1n) is 6.44. The molecule has 3 nitrogen and oxygen atoms in total. The van der Waals surface area contributed by atoms with Crippen LogP contribution in [-0.2, 0) is 0 Å². The largest absolute Gasteiger partial charge is 0.330 e. The maximum atomic E-state index is 5.84. The Kier molecular flexibility index (Phi) is 4.00. The molecule has 3 unspecified atom stereocenters. The molecule has 15 heavy (non-hydrogen) atoms. The summed E-state index contributed by atoms with van der Waals surface area (Å²) in [6.45, 7) is 3.33. The van der Waals surface area contributed by atoms with E-state index in [2.05, 4.69) is 17.3 Å². The lowest BCUT2D eigenvalue weighted by atomic mass is 9.84. The first kappa shape index (κ1) is 11.4. The van der Waals surface area contributed by atoms with Crippen LogP contribution in [0.1, 0.15) is 32.1 Å². The van der Waals surface area contributed by atoms with Gasteiger partial charge in [0, 0.05) is 18.6 Å². The zero-order chi connectivity index (χ0) is 10.7. The van der Waals surface area contributed by atoms with Gasteiger partial charge in [0.05, 0.1) is 0 Å². The number of rotatable bonds is 3. The average molecular weight is 211 g/mol. The SMILES string of the molecule is CN1CCC(NC2CCCCC2CN)C1. The van der Waals surface area contributed by atoms with Crippen LogP contribution in [-0.4, -0.2) is 43.7 Å². The third-order valence-corrected chi connectivity index (χ3v) is 4.05. The quantitative estimate of drug-likeness (QED) is 0.725. The van der Waals surface area contributed by atoms with E-state index in [4.69, 9.17) is 5.73 Å². The molecular formula is C12H25N3. The van der Waals surface area contributed by atoms with Crippen molar-refractivity contribution in [1.29, 1.82) is 0 Å². The fourth-order valence-electron chi connectivity index (χ4n) is 3.08. The van der Waals surface area contributed by atoms with Crippen LogP contribution in [0.5, 0.6) is 0 Å². The van der Waals surface area contributed by atoms with E-state index in [0.717, 1.165) is 12.5 Å². The summed E-state index contributed by atoms with van der Waals surface area (Å²) < 4.78 is 0. The molecule has 0 radical (unpaired) electrons. The van der Waals surface area contributed by atoms with Crippen LogP contribution in [0.3, 0.4) is 0 Å². The highest BCUT2D eigenvalue weighted by molar-refractivity contribution is 4.87. The van der Waals surface area contributed by atoms with E-state index in [-0.39, 0.29) is 0 Å². The van der Waals surface area contributed by atoms with Gasteiger partial charge in [0.25, 0.3) is 0 Å². The number of nitrogens with two attached hydrogens (primary N) is 1. The molecule has 2 rings (SSSR count). The van der Waals surface area contributed by atoms with Crippen LogP contribution < -0.4 is 11.1 Å². The second-order valence-electron chi connectivity index (χ2n) is 5.30. The summed E-state index contributed by atoms with van der Waals surface area (Å²) in [5, 5.41) is 3.83. The minimum Gasteiger partial charge on any atom is -0.330 e. The maximum Gasteiger partial charge on any atom is 0.0209 e. The summed E-state index contributed by atoms with van der Waals surface area (Å²) >= 11 is 0. The van der Waals surface area contributed by atoms with Gasteiger partial charge in [-0.1, -0.05) is 12.8 Å². The normalized spacial score (nSPS) is 38.4. The molecule has 1 saturated heterocycles. The van der Waals surface area contributed by atoms with Crippen molar-refractivity contribution in [3.05, 3.63) is 0 Å². The number of nitrogens with zero attached hydrogens (tertiary/aromatic N) is 1. The number of likely N-dealkylation sites (tertiary alicyclic amines) is 1. The van der Waals surface area contributed by atoms with E-state index >= 15 is 0 Å². The van der Waals surface area contributed by atoms with E-state index in [0.29, 0.717) is 12.1 Å². The Balaban J connectivity index is 1.81. The molecule has 1 heterocycles. The molecule has 2 aliphatic rings. The molecule has 0 aromatic rings. The summed E-state index contributed by atoms with van der Waals surface area (Å²) in [6.07, 6.45) is 6.74. The van der Waals surface area contributed by atoms with Gasteiger partial charge in [-0.2, -0.15) is 0 Å². The van der Waals surface area contributed by atoms with E-state index in [9.17, 15) is 0 Å². The average Bonchev–Trinajstić information content (AvgIpc) is 2.65. The minimum atomic E-state index is 0.695. The summed E-state index contributed by atoms with van der Waals surface area (Å²) in [5.41, 5.74) is 5.84. The number of nitrogens with one attached hydrogen (secondary N) is 1. The van der Waals surface area contributed by atoms with Gasteiger partial charge in [0.1, 0.15) is 0 Å². The molecule has 3 atom stereocenters. The van der Waals surface area contributed by atoms with Crippen LogP contribution in [0.2, 0.25) is 0 Å². The first-order chi connectivity index (χ1) is 7.29. The van der Waals surface area contributed by atoms with Gasteiger partial charge < -0.3 is 16.0 Å². The van der Waals surface area contributed by atoms with E-state index in [1.165, 1.54) is 45.2 Å². The van der Waals surface area contributed by atoms with Crippen molar-refractivity contribution in [2.45, 2.75) is 44.2 Å². The zero-order valence-electron chi connectivity index (χ0n) is 9.91. The highest BCUT2D eigenvalue weighted by atomic mass is 15.2. The second-order valence-corrected chi connectivity index (χ2v) is 5.30. The third-order valence-electron chi connectivity index (χ3n) is 4.05. The summed E-state index contributed by atoms with van der Waals surface area (Å²) in [4.78, 5) is 2.41. The van der Waals surface area contributed by atoms with Crippen LogP contribution in [0.15, 0.2) is 0 Å². The van der Waals surface area contributed by atoms with E-state index in [1.807, 2.05) is 0 Å². The predicted molar refractivity (Wildman–Crippen MR) is 63.8 cm³/mol. The summed E-state index contributed by atoms with van der Waals surface area (Å²) in [6, 6.07) is 1.41. The molecule has 1 saturated carbocycles. The van der Waals surface area contributed by atoms with Gasteiger partial charge in [-0.3, -0.25) is 0 Å². The Hall–Kier alpha value is -0.120. The van der Waals surface area contributed by atoms with Crippen molar-refractivity contribution in [3.8, 4) is 0 Å². The van der Waals surface area contributed by atoms with Crippen molar-refractivity contribution >= 4 is 0 Å². The monoisotopic (exact) mass is 211 g/mol. The fourth-order valence-corrected chi connectivity index (χ4v) is 3.08. The molecule has 0 amide bonds. The molecule has 3 heteroatoms. The van der Waals surface area contributed by atoms with Crippen LogP contribution >= 0.6 is 0 Å². The van der Waals surface area contributed by atoms with Crippen molar-refractivity contribution in [2.24, 2.45) is 11.7 Å². The minimum absolute atomic E-state index is 0.695. The Morgan fingerprint density at radius 3 is 2.73 bits per heavy atom. The zero-order valence-corrected chi connectivity index (χ0v) is 9.91. The lowest BCUT2D eigenvalue weighted by Gasteiger charge is -2.33. The smallest absolute Gasteiger partial charge is 0.0209 e. The summed E-state index contributed by atoms with van der Waals surface area (Å²) in [7, 11) is 2.21. The van der Waals surface area contributed by atoms with Gasteiger partial charge in [0.2, 0.25) is 0 Å². The Morgan fingerprint density at radius 2 is 2.07 bits per heavy atom. The topological polar surface area (TPSA) is 41.3 Å². The molecule has 1 aliphatic carbocycles. The van der Waals surface area contributed by atoms with Crippen LogP contribution in [0, 0.1) is 5.92 Å². The Labute approximate surface area is 93.4 Å². The molecule has 1 aliphatic heterocycles. The maximum absolute atomic E-state index is 5.84. The molecule has 0 bridgehead atoms. The fraction of sp³-hybridized carbons (Fsp3) is 1.00. The van der Waals surface area contributed by atoms with Gasteiger partial charge in [-0.25, -0.2) is 0 Å². The van der Waals surface area contributed by atoms with Gasteiger partial charge in [-0.05, 0) is 45.3 Å². The van der Waals surface area contributed by atoms with Crippen molar-refractivity contribution in [2.75, 3.05) is 26.7 Å². The third kappa shape index (κ3) is 2.92. The summed E-state index contributed by atoms with van der Waals surface area (Å²) in [5.74, 6) is 0.727. The van der Waals surface area contributed by atoms with Gasteiger partial charge >= 0.3 is 0 Å².